The molecule has 1 unspecified atom stereocenters. The van der Waals surface area contributed by atoms with Gasteiger partial charge in [0.2, 0.25) is 0 Å². The fraction of sp³-hybridized carbons (Fsp3) is 0.188. The molecule has 0 saturated heterocycles. The van der Waals surface area contributed by atoms with E-state index in [2.05, 4.69) is 0 Å². The minimum Gasteiger partial charge on any atom is -0.398 e. The SMILES string of the molecule is CC(c1cccc(Cl)c1)N(C)C(=O)c1ccc(N)c(Cl)c1. The summed E-state index contributed by atoms with van der Waals surface area (Å²) in [4.78, 5) is 14.1. The van der Waals surface area contributed by atoms with Crippen molar-refractivity contribution in [2.45, 2.75) is 13.0 Å². The standard InChI is InChI=1S/C16H16Cl2N2O/c1-10(11-4-3-5-13(17)8-11)20(2)16(21)12-6-7-15(19)14(18)9-12/h3-10H,19H2,1-2H3. The fourth-order valence-corrected chi connectivity index (χ4v) is 2.41. The van der Waals surface area contributed by atoms with Crippen molar-refractivity contribution in [3.63, 3.8) is 0 Å². The van der Waals surface area contributed by atoms with Crippen molar-refractivity contribution >= 4 is 34.8 Å². The first-order chi connectivity index (χ1) is 9.90. The zero-order chi connectivity index (χ0) is 15.6. The first-order valence-electron chi connectivity index (χ1n) is 6.48. The number of carbonyl (C=O) groups excluding carboxylic acids is 1. The summed E-state index contributed by atoms with van der Waals surface area (Å²) in [6, 6.07) is 12.2. The van der Waals surface area contributed by atoms with Crippen LogP contribution in [0.2, 0.25) is 10.0 Å². The highest BCUT2D eigenvalue weighted by Gasteiger charge is 2.19. The Balaban J connectivity index is 2.24. The molecular weight excluding hydrogens is 307 g/mol. The summed E-state index contributed by atoms with van der Waals surface area (Å²) in [6.07, 6.45) is 0. The van der Waals surface area contributed by atoms with Crippen molar-refractivity contribution in [3.05, 3.63) is 63.6 Å². The molecule has 21 heavy (non-hydrogen) atoms. The molecule has 3 nitrogen and oxygen atoms in total. The Hall–Kier alpha value is -1.71. The summed E-state index contributed by atoms with van der Waals surface area (Å²) in [5.74, 6) is -0.121. The summed E-state index contributed by atoms with van der Waals surface area (Å²) < 4.78 is 0. The van der Waals surface area contributed by atoms with E-state index in [9.17, 15) is 4.79 Å². The number of carbonyl (C=O) groups is 1. The quantitative estimate of drug-likeness (QED) is 0.851. The van der Waals surface area contributed by atoms with Crippen LogP contribution in [-0.2, 0) is 0 Å². The number of nitrogens with zero attached hydrogens (tertiary/aromatic N) is 1. The van der Waals surface area contributed by atoms with Crippen LogP contribution >= 0.6 is 23.2 Å². The first-order valence-corrected chi connectivity index (χ1v) is 7.23. The molecule has 0 radical (unpaired) electrons. The molecule has 0 heterocycles. The molecule has 0 aromatic heterocycles. The van der Waals surface area contributed by atoms with Gasteiger partial charge >= 0.3 is 0 Å². The Morgan fingerprint density at radius 2 is 1.90 bits per heavy atom. The Kier molecular flexibility index (Phi) is 4.76. The summed E-state index contributed by atoms with van der Waals surface area (Å²) in [7, 11) is 1.75. The van der Waals surface area contributed by atoms with E-state index in [0.29, 0.717) is 21.3 Å². The van der Waals surface area contributed by atoms with E-state index in [1.165, 1.54) is 0 Å². The summed E-state index contributed by atoms with van der Waals surface area (Å²) in [5, 5.41) is 1.03. The van der Waals surface area contributed by atoms with E-state index in [1.54, 1.807) is 36.2 Å². The van der Waals surface area contributed by atoms with Gasteiger partial charge in [0.05, 0.1) is 16.8 Å². The molecule has 1 atom stereocenters. The lowest BCUT2D eigenvalue weighted by Gasteiger charge is -2.25. The van der Waals surface area contributed by atoms with Crippen molar-refractivity contribution < 1.29 is 4.79 Å². The second kappa shape index (κ2) is 6.37. The largest absolute Gasteiger partial charge is 0.398 e. The van der Waals surface area contributed by atoms with Gasteiger partial charge in [-0.3, -0.25) is 4.79 Å². The van der Waals surface area contributed by atoms with E-state index in [0.717, 1.165) is 5.56 Å². The average Bonchev–Trinajstić information content (AvgIpc) is 2.47. The van der Waals surface area contributed by atoms with Crippen LogP contribution in [0, 0.1) is 0 Å². The van der Waals surface area contributed by atoms with Crippen LogP contribution in [0.25, 0.3) is 0 Å². The van der Waals surface area contributed by atoms with E-state index >= 15 is 0 Å². The number of anilines is 1. The molecule has 0 aliphatic rings. The van der Waals surface area contributed by atoms with Crippen LogP contribution in [0.1, 0.15) is 28.9 Å². The second-order valence-electron chi connectivity index (χ2n) is 4.88. The zero-order valence-electron chi connectivity index (χ0n) is 11.8. The van der Waals surface area contributed by atoms with E-state index in [-0.39, 0.29) is 11.9 Å². The number of nitrogens with two attached hydrogens (primary N) is 1. The van der Waals surface area contributed by atoms with Crippen molar-refractivity contribution in [2.24, 2.45) is 0 Å². The molecule has 2 rings (SSSR count). The van der Waals surface area contributed by atoms with Crippen molar-refractivity contribution in [3.8, 4) is 0 Å². The van der Waals surface area contributed by atoms with Gasteiger partial charge in [0.1, 0.15) is 0 Å². The maximum absolute atomic E-state index is 12.5. The molecule has 0 bridgehead atoms. The number of benzene rings is 2. The normalized spacial score (nSPS) is 12.0. The van der Waals surface area contributed by atoms with Crippen LogP contribution in [0.15, 0.2) is 42.5 Å². The minimum absolute atomic E-state index is 0.104. The molecule has 110 valence electrons. The van der Waals surface area contributed by atoms with Crippen molar-refractivity contribution in [2.75, 3.05) is 12.8 Å². The number of rotatable bonds is 3. The predicted molar refractivity (Wildman–Crippen MR) is 87.8 cm³/mol. The lowest BCUT2D eigenvalue weighted by atomic mass is 10.1. The van der Waals surface area contributed by atoms with Gasteiger partial charge in [-0.15, -0.1) is 0 Å². The van der Waals surface area contributed by atoms with Gasteiger partial charge in [-0.2, -0.15) is 0 Å². The molecule has 2 N–H and O–H groups in total. The minimum atomic E-state index is -0.121. The molecule has 0 aliphatic heterocycles. The van der Waals surface area contributed by atoms with Crippen LogP contribution in [0.3, 0.4) is 0 Å². The molecule has 2 aromatic rings. The third-order valence-corrected chi connectivity index (χ3v) is 4.04. The second-order valence-corrected chi connectivity index (χ2v) is 5.73. The van der Waals surface area contributed by atoms with Crippen LogP contribution in [-0.4, -0.2) is 17.9 Å². The average molecular weight is 323 g/mol. The Morgan fingerprint density at radius 1 is 1.19 bits per heavy atom. The Labute approximate surface area is 134 Å². The number of hydrogen-bond donors (Lipinski definition) is 1. The van der Waals surface area contributed by atoms with Gasteiger partial charge in [-0.25, -0.2) is 0 Å². The molecule has 5 heteroatoms. The van der Waals surface area contributed by atoms with Gasteiger partial charge in [-0.05, 0) is 42.8 Å². The maximum Gasteiger partial charge on any atom is 0.254 e. The van der Waals surface area contributed by atoms with Gasteiger partial charge in [0, 0.05) is 17.6 Å². The highest BCUT2D eigenvalue weighted by atomic mass is 35.5. The fourth-order valence-electron chi connectivity index (χ4n) is 2.03. The summed E-state index contributed by atoms with van der Waals surface area (Å²) in [6.45, 7) is 1.95. The van der Waals surface area contributed by atoms with Crippen molar-refractivity contribution in [1.29, 1.82) is 0 Å². The Morgan fingerprint density at radius 3 is 2.52 bits per heavy atom. The zero-order valence-corrected chi connectivity index (χ0v) is 13.3. The van der Waals surface area contributed by atoms with Crippen molar-refractivity contribution in [1.82, 2.24) is 4.90 Å². The molecule has 0 saturated carbocycles. The van der Waals surface area contributed by atoms with Crippen LogP contribution in [0.5, 0.6) is 0 Å². The molecule has 0 spiro atoms. The third kappa shape index (κ3) is 3.49. The number of hydrogen-bond acceptors (Lipinski definition) is 2. The summed E-state index contributed by atoms with van der Waals surface area (Å²) >= 11 is 12.0. The molecular formula is C16H16Cl2N2O. The molecule has 1 amide bonds. The lowest BCUT2D eigenvalue weighted by molar-refractivity contribution is 0.0742. The predicted octanol–water partition coefficient (Wildman–Crippen LogP) is 4.41. The van der Waals surface area contributed by atoms with Gasteiger partial charge in [0.25, 0.3) is 5.91 Å². The monoisotopic (exact) mass is 322 g/mol. The van der Waals surface area contributed by atoms with Gasteiger partial charge in [-0.1, -0.05) is 35.3 Å². The number of nitrogen functional groups attached to an aromatic ring is 1. The number of halogens is 2. The molecule has 0 fully saturated rings. The number of amides is 1. The van der Waals surface area contributed by atoms with Crippen LogP contribution in [0.4, 0.5) is 5.69 Å². The van der Waals surface area contributed by atoms with Crippen LogP contribution < -0.4 is 5.73 Å². The molecule has 0 aliphatic carbocycles. The first kappa shape index (κ1) is 15.7. The van der Waals surface area contributed by atoms with Gasteiger partial charge in [0.15, 0.2) is 0 Å². The topological polar surface area (TPSA) is 46.3 Å². The Bertz CT molecular complexity index is 673. The van der Waals surface area contributed by atoms with Gasteiger partial charge < -0.3 is 10.6 Å². The maximum atomic E-state index is 12.5. The van der Waals surface area contributed by atoms with E-state index in [4.69, 9.17) is 28.9 Å². The highest BCUT2D eigenvalue weighted by Crippen LogP contribution is 2.25. The lowest BCUT2D eigenvalue weighted by Crippen LogP contribution is -2.29. The molecule has 2 aromatic carbocycles. The van der Waals surface area contributed by atoms with E-state index in [1.807, 2.05) is 25.1 Å². The summed E-state index contributed by atoms with van der Waals surface area (Å²) in [5.41, 5.74) is 7.60. The third-order valence-electron chi connectivity index (χ3n) is 3.48. The van der Waals surface area contributed by atoms with E-state index < -0.39 is 0 Å². The smallest absolute Gasteiger partial charge is 0.254 e. The highest BCUT2D eigenvalue weighted by molar-refractivity contribution is 6.33.